The normalized spacial score (nSPS) is 22.7. The molecule has 1 aromatic carbocycles. The highest BCUT2D eigenvalue weighted by molar-refractivity contribution is 5.27. The molecule has 1 aromatic rings. The average molecular weight is 260 g/mol. The van der Waals surface area contributed by atoms with Crippen LogP contribution in [0.5, 0.6) is 5.75 Å². The number of hydrogen-bond donors (Lipinski definition) is 2. The standard InChI is InChI=1S/C15H20N2O2/c16-9-10-19-15-7-1-12(2-8-15)11-17-13-3-5-14(18)6-4-13/h1-2,7-8,13-14,17-18H,3-6,10-11H2. The van der Waals surface area contributed by atoms with Crippen LogP contribution in [0.2, 0.25) is 0 Å². The number of nitriles is 1. The first-order valence-electron chi connectivity index (χ1n) is 6.78. The van der Waals surface area contributed by atoms with E-state index < -0.39 is 0 Å². The van der Waals surface area contributed by atoms with Gasteiger partial charge in [0.25, 0.3) is 0 Å². The maximum Gasteiger partial charge on any atom is 0.174 e. The highest BCUT2D eigenvalue weighted by atomic mass is 16.5. The minimum Gasteiger partial charge on any atom is -0.479 e. The van der Waals surface area contributed by atoms with Gasteiger partial charge in [0.15, 0.2) is 6.61 Å². The van der Waals surface area contributed by atoms with Crippen molar-refractivity contribution in [2.45, 2.75) is 44.4 Å². The molecule has 4 heteroatoms. The van der Waals surface area contributed by atoms with Crippen molar-refractivity contribution in [2.75, 3.05) is 6.61 Å². The van der Waals surface area contributed by atoms with E-state index in [0.717, 1.165) is 38.0 Å². The van der Waals surface area contributed by atoms with E-state index in [1.165, 1.54) is 5.56 Å². The molecule has 0 aromatic heterocycles. The molecule has 0 bridgehead atoms. The molecule has 0 radical (unpaired) electrons. The number of aliphatic hydroxyl groups is 1. The lowest BCUT2D eigenvalue weighted by molar-refractivity contribution is 0.116. The van der Waals surface area contributed by atoms with Gasteiger partial charge < -0.3 is 15.2 Å². The molecule has 0 atom stereocenters. The van der Waals surface area contributed by atoms with Crippen LogP contribution in [0, 0.1) is 11.3 Å². The predicted molar refractivity (Wildman–Crippen MR) is 72.7 cm³/mol. The number of rotatable bonds is 5. The zero-order valence-corrected chi connectivity index (χ0v) is 11.0. The monoisotopic (exact) mass is 260 g/mol. The predicted octanol–water partition coefficient (Wildman–Crippen LogP) is 1.98. The van der Waals surface area contributed by atoms with Crippen molar-refractivity contribution >= 4 is 0 Å². The van der Waals surface area contributed by atoms with E-state index in [1.807, 2.05) is 30.3 Å². The fourth-order valence-corrected chi connectivity index (χ4v) is 2.36. The summed E-state index contributed by atoms with van der Waals surface area (Å²) in [7, 11) is 0. The summed E-state index contributed by atoms with van der Waals surface area (Å²) in [6.07, 6.45) is 3.79. The number of benzene rings is 1. The first-order valence-corrected chi connectivity index (χ1v) is 6.78. The third-order valence-corrected chi connectivity index (χ3v) is 3.52. The van der Waals surface area contributed by atoms with Gasteiger partial charge in [0, 0.05) is 12.6 Å². The Morgan fingerprint density at radius 2 is 1.89 bits per heavy atom. The van der Waals surface area contributed by atoms with Crippen molar-refractivity contribution in [2.24, 2.45) is 0 Å². The molecule has 0 aliphatic heterocycles. The van der Waals surface area contributed by atoms with Gasteiger partial charge >= 0.3 is 0 Å². The van der Waals surface area contributed by atoms with Gasteiger partial charge in [-0.15, -0.1) is 0 Å². The third-order valence-electron chi connectivity index (χ3n) is 3.52. The van der Waals surface area contributed by atoms with E-state index >= 15 is 0 Å². The fourth-order valence-electron chi connectivity index (χ4n) is 2.36. The molecule has 2 N–H and O–H groups in total. The second-order valence-corrected chi connectivity index (χ2v) is 4.98. The van der Waals surface area contributed by atoms with Crippen LogP contribution in [0.15, 0.2) is 24.3 Å². The molecule has 1 aliphatic carbocycles. The summed E-state index contributed by atoms with van der Waals surface area (Å²) < 4.78 is 5.21. The Morgan fingerprint density at radius 3 is 2.53 bits per heavy atom. The summed E-state index contributed by atoms with van der Waals surface area (Å²) in [6, 6.07) is 10.3. The maximum absolute atomic E-state index is 9.45. The van der Waals surface area contributed by atoms with Crippen LogP contribution in [0.1, 0.15) is 31.2 Å². The number of hydrogen-bond acceptors (Lipinski definition) is 4. The molecule has 4 nitrogen and oxygen atoms in total. The molecule has 1 aliphatic rings. The van der Waals surface area contributed by atoms with Crippen molar-refractivity contribution in [3.05, 3.63) is 29.8 Å². The summed E-state index contributed by atoms with van der Waals surface area (Å²) in [4.78, 5) is 0. The molecule has 0 spiro atoms. The highest BCUT2D eigenvalue weighted by Gasteiger charge is 2.18. The van der Waals surface area contributed by atoms with Crippen LogP contribution in [-0.4, -0.2) is 23.9 Å². The second-order valence-electron chi connectivity index (χ2n) is 4.98. The van der Waals surface area contributed by atoms with Gasteiger partial charge in [-0.3, -0.25) is 0 Å². The van der Waals surface area contributed by atoms with Crippen LogP contribution in [0.4, 0.5) is 0 Å². The highest BCUT2D eigenvalue weighted by Crippen LogP contribution is 2.19. The van der Waals surface area contributed by atoms with Crippen LogP contribution in [-0.2, 0) is 6.54 Å². The van der Waals surface area contributed by atoms with Crippen LogP contribution in [0.25, 0.3) is 0 Å². The molecule has 102 valence electrons. The Morgan fingerprint density at radius 1 is 1.21 bits per heavy atom. The summed E-state index contributed by atoms with van der Waals surface area (Å²) in [5.41, 5.74) is 1.20. The lowest BCUT2D eigenvalue weighted by atomic mass is 9.93. The van der Waals surface area contributed by atoms with Crippen molar-refractivity contribution < 1.29 is 9.84 Å². The molecule has 0 saturated heterocycles. The van der Waals surface area contributed by atoms with Gasteiger partial charge in [0.05, 0.1) is 6.10 Å². The molecular weight excluding hydrogens is 240 g/mol. The molecular formula is C15H20N2O2. The summed E-state index contributed by atoms with van der Waals surface area (Å²) in [5, 5.41) is 21.4. The Hall–Kier alpha value is -1.57. The van der Waals surface area contributed by atoms with Crippen molar-refractivity contribution in [3.63, 3.8) is 0 Å². The van der Waals surface area contributed by atoms with Crippen molar-refractivity contribution in [1.82, 2.24) is 5.32 Å². The van der Waals surface area contributed by atoms with Crippen LogP contribution >= 0.6 is 0 Å². The number of ether oxygens (including phenoxy) is 1. The van der Waals surface area contributed by atoms with E-state index in [9.17, 15) is 5.11 Å². The number of nitrogens with zero attached hydrogens (tertiary/aromatic N) is 1. The SMILES string of the molecule is N#CCOc1ccc(CNC2CCC(O)CC2)cc1. The lowest BCUT2D eigenvalue weighted by Crippen LogP contribution is -2.34. The smallest absolute Gasteiger partial charge is 0.174 e. The number of nitrogens with one attached hydrogen (secondary N) is 1. The first kappa shape index (κ1) is 13.9. The summed E-state index contributed by atoms with van der Waals surface area (Å²) >= 11 is 0. The number of aliphatic hydroxyl groups excluding tert-OH is 1. The van der Waals surface area contributed by atoms with Gasteiger partial charge in [-0.1, -0.05) is 12.1 Å². The molecule has 0 amide bonds. The van der Waals surface area contributed by atoms with E-state index in [2.05, 4.69) is 5.32 Å². The van der Waals surface area contributed by atoms with Crippen molar-refractivity contribution in [1.29, 1.82) is 5.26 Å². The summed E-state index contributed by atoms with van der Waals surface area (Å²) in [5.74, 6) is 0.728. The lowest BCUT2D eigenvalue weighted by Gasteiger charge is -2.26. The first-order chi connectivity index (χ1) is 9.28. The van der Waals surface area contributed by atoms with Gasteiger partial charge in [-0.2, -0.15) is 5.26 Å². The molecule has 1 fully saturated rings. The summed E-state index contributed by atoms with van der Waals surface area (Å²) in [6.45, 7) is 0.918. The molecule has 0 heterocycles. The minimum atomic E-state index is -0.102. The van der Waals surface area contributed by atoms with Crippen LogP contribution in [0.3, 0.4) is 0 Å². The second kappa shape index (κ2) is 7.13. The van der Waals surface area contributed by atoms with E-state index in [0.29, 0.717) is 6.04 Å². The fraction of sp³-hybridized carbons (Fsp3) is 0.533. The topological polar surface area (TPSA) is 65.3 Å². The minimum absolute atomic E-state index is 0.0853. The zero-order valence-electron chi connectivity index (χ0n) is 11.0. The van der Waals surface area contributed by atoms with Crippen LogP contribution < -0.4 is 10.1 Å². The quantitative estimate of drug-likeness (QED) is 0.849. The Labute approximate surface area is 114 Å². The molecule has 0 unspecified atom stereocenters. The van der Waals surface area contributed by atoms with E-state index in [-0.39, 0.29) is 12.7 Å². The molecule has 1 saturated carbocycles. The molecule has 19 heavy (non-hydrogen) atoms. The van der Waals surface area contributed by atoms with Gasteiger partial charge in [-0.05, 0) is 43.4 Å². The van der Waals surface area contributed by atoms with E-state index in [1.54, 1.807) is 0 Å². The average Bonchev–Trinajstić information content (AvgIpc) is 2.46. The van der Waals surface area contributed by atoms with Gasteiger partial charge in [0.2, 0.25) is 0 Å². The zero-order chi connectivity index (χ0) is 13.5. The Balaban J connectivity index is 1.75. The largest absolute Gasteiger partial charge is 0.479 e. The van der Waals surface area contributed by atoms with E-state index in [4.69, 9.17) is 10.00 Å². The molecule has 2 rings (SSSR count). The third kappa shape index (κ3) is 4.55. The van der Waals surface area contributed by atoms with Gasteiger partial charge in [0.1, 0.15) is 11.8 Å². The Kier molecular flexibility index (Phi) is 5.20. The Bertz CT molecular complexity index is 417. The van der Waals surface area contributed by atoms with Gasteiger partial charge in [-0.25, -0.2) is 0 Å². The maximum atomic E-state index is 9.45. The van der Waals surface area contributed by atoms with Crippen molar-refractivity contribution in [3.8, 4) is 11.8 Å².